The summed E-state index contributed by atoms with van der Waals surface area (Å²) in [6.45, 7) is 2.84. The highest BCUT2D eigenvalue weighted by Gasteiger charge is 2.09. The molecule has 82 valence electrons. The van der Waals surface area contributed by atoms with Gasteiger partial charge in [0.05, 0.1) is 6.54 Å². The molecule has 3 N–H and O–H groups in total. The van der Waals surface area contributed by atoms with Crippen LogP contribution < -0.4 is 11.1 Å². The van der Waals surface area contributed by atoms with Crippen LogP contribution in [-0.4, -0.2) is 19.0 Å². The molecule has 1 aromatic rings. The molecule has 1 amide bonds. The number of nitrogens with two attached hydrogens (primary N) is 1. The minimum absolute atomic E-state index is 0.0607. The van der Waals surface area contributed by atoms with Crippen LogP contribution in [-0.2, 0) is 4.79 Å². The van der Waals surface area contributed by atoms with Gasteiger partial charge < -0.3 is 11.1 Å². The highest BCUT2D eigenvalue weighted by atomic mass is 16.1. The Morgan fingerprint density at radius 1 is 1.40 bits per heavy atom. The summed E-state index contributed by atoms with van der Waals surface area (Å²) < 4.78 is 0. The van der Waals surface area contributed by atoms with E-state index in [0.717, 1.165) is 6.42 Å². The molecule has 1 atom stereocenters. The summed E-state index contributed by atoms with van der Waals surface area (Å²) in [4.78, 5) is 11.0. The van der Waals surface area contributed by atoms with Crippen molar-refractivity contribution >= 4 is 5.91 Å². The normalized spacial score (nSPS) is 12.1. The summed E-state index contributed by atoms with van der Waals surface area (Å²) in [5.41, 5.74) is 6.49. The number of carbonyl (C=O) groups excluding carboxylic acids is 1. The molecular weight excluding hydrogens is 188 g/mol. The van der Waals surface area contributed by atoms with Gasteiger partial charge in [0.15, 0.2) is 0 Å². The summed E-state index contributed by atoms with van der Waals surface area (Å²) in [5, 5.41) is 2.82. The maximum Gasteiger partial charge on any atom is 0.233 e. The van der Waals surface area contributed by atoms with E-state index in [0.29, 0.717) is 12.5 Å². The second kappa shape index (κ2) is 6.19. The molecule has 0 bridgehead atoms. The van der Waals surface area contributed by atoms with Gasteiger partial charge in [-0.3, -0.25) is 4.79 Å². The topological polar surface area (TPSA) is 55.1 Å². The maximum absolute atomic E-state index is 11.0. The van der Waals surface area contributed by atoms with Crippen molar-refractivity contribution in [3.05, 3.63) is 35.9 Å². The van der Waals surface area contributed by atoms with Gasteiger partial charge >= 0.3 is 0 Å². The van der Waals surface area contributed by atoms with Gasteiger partial charge in [-0.2, -0.15) is 0 Å². The molecule has 0 aliphatic heterocycles. The number of amides is 1. The van der Waals surface area contributed by atoms with Gasteiger partial charge in [0.2, 0.25) is 5.91 Å². The SMILES string of the molecule is CCC(CNC(=O)CN)c1ccccc1. The lowest BCUT2D eigenvalue weighted by Gasteiger charge is -2.15. The van der Waals surface area contributed by atoms with Crippen molar-refractivity contribution in [1.29, 1.82) is 0 Å². The largest absolute Gasteiger partial charge is 0.354 e. The molecule has 3 heteroatoms. The fourth-order valence-corrected chi connectivity index (χ4v) is 1.53. The minimum Gasteiger partial charge on any atom is -0.354 e. The molecule has 1 unspecified atom stereocenters. The molecule has 0 heterocycles. The third-order valence-electron chi connectivity index (χ3n) is 2.49. The second-order valence-corrected chi connectivity index (χ2v) is 3.52. The summed E-state index contributed by atoms with van der Waals surface area (Å²) in [6.07, 6.45) is 1.01. The van der Waals surface area contributed by atoms with E-state index in [2.05, 4.69) is 24.4 Å². The molecular formula is C12H18N2O. The quantitative estimate of drug-likeness (QED) is 0.762. The van der Waals surface area contributed by atoms with E-state index in [1.165, 1.54) is 5.56 Å². The number of hydrogen-bond acceptors (Lipinski definition) is 2. The van der Waals surface area contributed by atoms with Crippen molar-refractivity contribution in [1.82, 2.24) is 5.32 Å². The zero-order valence-electron chi connectivity index (χ0n) is 9.07. The molecule has 0 aliphatic rings. The lowest BCUT2D eigenvalue weighted by molar-refractivity contribution is -0.119. The minimum atomic E-state index is -0.0932. The molecule has 15 heavy (non-hydrogen) atoms. The van der Waals surface area contributed by atoms with Gasteiger partial charge in [0.25, 0.3) is 0 Å². The smallest absolute Gasteiger partial charge is 0.233 e. The molecule has 1 rings (SSSR count). The van der Waals surface area contributed by atoms with Crippen molar-refractivity contribution in [2.45, 2.75) is 19.3 Å². The molecule has 0 radical (unpaired) electrons. The number of nitrogens with one attached hydrogen (secondary N) is 1. The average molecular weight is 206 g/mol. The molecule has 0 aliphatic carbocycles. The summed E-state index contributed by atoms with van der Waals surface area (Å²) in [7, 11) is 0. The Bertz CT molecular complexity index is 298. The third kappa shape index (κ3) is 3.72. The van der Waals surface area contributed by atoms with Gasteiger partial charge in [-0.05, 0) is 12.0 Å². The lowest BCUT2D eigenvalue weighted by atomic mass is 9.96. The third-order valence-corrected chi connectivity index (χ3v) is 2.49. The maximum atomic E-state index is 11.0. The molecule has 3 nitrogen and oxygen atoms in total. The fraction of sp³-hybridized carbons (Fsp3) is 0.417. The van der Waals surface area contributed by atoms with Crippen molar-refractivity contribution in [3.8, 4) is 0 Å². The zero-order chi connectivity index (χ0) is 11.1. The monoisotopic (exact) mass is 206 g/mol. The predicted molar refractivity (Wildman–Crippen MR) is 61.5 cm³/mol. The Kier molecular flexibility index (Phi) is 4.84. The molecule has 1 aromatic carbocycles. The van der Waals surface area contributed by atoms with E-state index in [4.69, 9.17) is 5.73 Å². The summed E-state index contributed by atoms with van der Waals surface area (Å²) in [5.74, 6) is 0.283. The van der Waals surface area contributed by atoms with E-state index >= 15 is 0 Å². The van der Waals surface area contributed by atoms with Crippen LogP contribution in [0.2, 0.25) is 0 Å². The Morgan fingerprint density at radius 2 is 2.07 bits per heavy atom. The lowest BCUT2D eigenvalue weighted by Crippen LogP contribution is -2.33. The first-order valence-electron chi connectivity index (χ1n) is 5.29. The van der Waals surface area contributed by atoms with Crippen LogP contribution in [0.1, 0.15) is 24.8 Å². The number of hydrogen-bond donors (Lipinski definition) is 2. The van der Waals surface area contributed by atoms with Crippen LogP contribution in [0.25, 0.3) is 0 Å². The molecule has 0 spiro atoms. The first-order chi connectivity index (χ1) is 7.27. The van der Waals surface area contributed by atoms with Crippen molar-refractivity contribution in [3.63, 3.8) is 0 Å². The van der Waals surface area contributed by atoms with E-state index in [1.807, 2.05) is 18.2 Å². The van der Waals surface area contributed by atoms with Crippen molar-refractivity contribution in [2.75, 3.05) is 13.1 Å². The Balaban J connectivity index is 2.53. The van der Waals surface area contributed by atoms with Crippen LogP contribution in [0.3, 0.4) is 0 Å². The predicted octanol–water partition coefficient (Wildman–Crippen LogP) is 1.26. The highest BCUT2D eigenvalue weighted by Crippen LogP contribution is 2.17. The van der Waals surface area contributed by atoms with Gasteiger partial charge in [0.1, 0.15) is 0 Å². The first kappa shape index (κ1) is 11.7. The van der Waals surface area contributed by atoms with Crippen LogP contribution in [0.4, 0.5) is 0 Å². The van der Waals surface area contributed by atoms with Crippen LogP contribution >= 0.6 is 0 Å². The molecule has 0 fully saturated rings. The Morgan fingerprint density at radius 3 is 2.60 bits per heavy atom. The first-order valence-corrected chi connectivity index (χ1v) is 5.29. The van der Waals surface area contributed by atoms with Crippen LogP contribution in [0.5, 0.6) is 0 Å². The summed E-state index contributed by atoms with van der Waals surface area (Å²) in [6, 6.07) is 10.2. The highest BCUT2D eigenvalue weighted by molar-refractivity contribution is 5.77. The Labute approximate surface area is 90.7 Å². The van der Waals surface area contributed by atoms with E-state index in [1.54, 1.807) is 0 Å². The van der Waals surface area contributed by atoms with Crippen LogP contribution in [0, 0.1) is 0 Å². The van der Waals surface area contributed by atoms with Gasteiger partial charge in [0, 0.05) is 12.5 Å². The van der Waals surface area contributed by atoms with Gasteiger partial charge in [-0.25, -0.2) is 0 Å². The fourth-order valence-electron chi connectivity index (χ4n) is 1.53. The second-order valence-electron chi connectivity index (χ2n) is 3.52. The number of benzene rings is 1. The van der Waals surface area contributed by atoms with Gasteiger partial charge in [-0.15, -0.1) is 0 Å². The van der Waals surface area contributed by atoms with E-state index in [9.17, 15) is 4.79 Å². The van der Waals surface area contributed by atoms with E-state index < -0.39 is 0 Å². The van der Waals surface area contributed by atoms with Crippen molar-refractivity contribution < 1.29 is 4.79 Å². The number of carbonyl (C=O) groups is 1. The van der Waals surface area contributed by atoms with Gasteiger partial charge in [-0.1, -0.05) is 37.3 Å². The van der Waals surface area contributed by atoms with E-state index in [-0.39, 0.29) is 12.5 Å². The molecule has 0 saturated heterocycles. The average Bonchev–Trinajstić information content (AvgIpc) is 2.31. The Hall–Kier alpha value is -1.35. The number of rotatable bonds is 5. The zero-order valence-corrected chi connectivity index (χ0v) is 9.07. The standard InChI is InChI=1S/C12H18N2O/c1-2-10(9-14-12(15)8-13)11-6-4-3-5-7-11/h3-7,10H,2,8-9,13H2,1H3,(H,14,15). The van der Waals surface area contributed by atoms with Crippen molar-refractivity contribution in [2.24, 2.45) is 5.73 Å². The molecule has 0 saturated carbocycles. The summed E-state index contributed by atoms with van der Waals surface area (Å²) >= 11 is 0. The van der Waals surface area contributed by atoms with Crippen LogP contribution in [0.15, 0.2) is 30.3 Å². The molecule has 0 aromatic heterocycles.